The van der Waals surface area contributed by atoms with Crippen LogP contribution in [0.2, 0.25) is 0 Å². The average molecular weight is 502 g/mol. The van der Waals surface area contributed by atoms with Crippen LogP contribution in [0, 0.1) is 0 Å². The first-order valence-corrected chi connectivity index (χ1v) is 8.12. The molecular weight excluding hydrogens is 484 g/mol. The predicted octanol–water partition coefficient (Wildman–Crippen LogP) is 4.36. The molecule has 2 aromatic carbocycles. The Morgan fingerprint density at radius 2 is 1.79 bits per heavy atom. The average Bonchev–Trinajstić information content (AvgIpc) is 2.64. The van der Waals surface area contributed by atoms with Crippen molar-refractivity contribution in [3.63, 3.8) is 0 Å². The third kappa shape index (κ3) is 6.25. The van der Waals surface area contributed by atoms with Crippen molar-refractivity contribution in [2.24, 2.45) is 10.7 Å². The number of halogens is 4. The van der Waals surface area contributed by atoms with Crippen molar-refractivity contribution >= 4 is 40.7 Å². The molecule has 0 bridgehead atoms. The van der Waals surface area contributed by atoms with E-state index in [0.717, 1.165) is 16.5 Å². The molecule has 0 saturated carbocycles. The van der Waals surface area contributed by atoms with Gasteiger partial charge < -0.3 is 15.8 Å². The van der Waals surface area contributed by atoms with Crippen LogP contribution in [0.4, 0.5) is 13.2 Å². The van der Waals surface area contributed by atoms with Crippen molar-refractivity contribution < 1.29 is 17.9 Å². The van der Waals surface area contributed by atoms with Gasteiger partial charge in [0.25, 0.3) is 0 Å². The lowest BCUT2D eigenvalue weighted by Gasteiger charge is -2.09. The molecule has 0 aliphatic rings. The number of ether oxygens (including phenoxy) is 1. The van der Waals surface area contributed by atoms with E-state index in [9.17, 15) is 13.2 Å². The van der Waals surface area contributed by atoms with Crippen molar-refractivity contribution in [3.05, 3.63) is 72.1 Å². The van der Waals surface area contributed by atoms with E-state index in [1.807, 2.05) is 30.3 Å². The van der Waals surface area contributed by atoms with E-state index in [4.69, 9.17) is 5.73 Å². The van der Waals surface area contributed by atoms with Crippen LogP contribution in [-0.2, 0) is 13.1 Å². The van der Waals surface area contributed by atoms with Gasteiger partial charge in [0.1, 0.15) is 5.75 Å². The Morgan fingerprint density at radius 1 is 1.07 bits per heavy atom. The molecule has 0 radical (unpaired) electrons. The largest absolute Gasteiger partial charge is 0.573 e. The lowest BCUT2D eigenvalue weighted by atomic mass is 10.1. The number of alkyl halides is 3. The van der Waals surface area contributed by atoms with Crippen LogP contribution in [0.5, 0.6) is 5.75 Å². The number of rotatable bonds is 5. The smallest absolute Gasteiger partial charge is 0.406 e. The Hall–Kier alpha value is -2.56. The van der Waals surface area contributed by atoms with Crippen molar-refractivity contribution in [1.29, 1.82) is 0 Å². The topological polar surface area (TPSA) is 72.5 Å². The number of nitrogens with two attached hydrogens (primary N) is 1. The van der Waals surface area contributed by atoms with E-state index in [-0.39, 0.29) is 42.2 Å². The van der Waals surface area contributed by atoms with Crippen LogP contribution in [0.25, 0.3) is 10.8 Å². The summed E-state index contributed by atoms with van der Waals surface area (Å²) in [6, 6.07) is 15.3. The van der Waals surface area contributed by atoms with Gasteiger partial charge >= 0.3 is 6.36 Å². The lowest BCUT2D eigenvalue weighted by molar-refractivity contribution is -0.274. The molecule has 3 N–H and O–H groups in total. The fraction of sp³-hybridized carbons (Fsp3) is 0.158. The van der Waals surface area contributed by atoms with Gasteiger partial charge in [0.2, 0.25) is 0 Å². The number of hydrogen-bond donors (Lipinski definition) is 2. The van der Waals surface area contributed by atoms with Gasteiger partial charge in [-0.3, -0.25) is 4.98 Å². The number of benzene rings is 2. The fourth-order valence-electron chi connectivity index (χ4n) is 2.53. The number of nitrogens with zero attached hydrogens (tertiary/aromatic N) is 2. The van der Waals surface area contributed by atoms with Gasteiger partial charge in [-0.2, -0.15) is 0 Å². The standard InChI is InChI=1S/C19H17F3N4O.HI/c20-19(21,22)27-15-7-5-13(6-8-15)11-25-18(23)26-12-17-16-4-2-1-3-14(16)9-10-24-17;/h1-10H,11-12H2,(H3,23,25,26);1H. The summed E-state index contributed by atoms with van der Waals surface area (Å²) in [5, 5.41) is 5.11. The van der Waals surface area contributed by atoms with Crippen molar-refractivity contribution in [2.45, 2.75) is 19.5 Å². The zero-order valence-electron chi connectivity index (χ0n) is 14.6. The second-order valence-electron chi connectivity index (χ2n) is 5.73. The molecule has 3 rings (SSSR count). The minimum absolute atomic E-state index is 0. The van der Waals surface area contributed by atoms with E-state index in [1.165, 1.54) is 24.3 Å². The summed E-state index contributed by atoms with van der Waals surface area (Å²) in [5.41, 5.74) is 7.42. The van der Waals surface area contributed by atoms with Crippen LogP contribution < -0.4 is 15.8 Å². The molecule has 3 aromatic rings. The van der Waals surface area contributed by atoms with Crippen molar-refractivity contribution in [3.8, 4) is 5.75 Å². The van der Waals surface area contributed by atoms with Gasteiger partial charge in [-0.1, -0.05) is 36.4 Å². The van der Waals surface area contributed by atoms with Crippen LogP contribution in [0.3, 0.4) is 0 Å². The molecule has 0 amide bonds. The molecular formula is C19H18F3IN4O. The number of pyridine rings is 1. The third-order valence-electron chi connectivity index (χ3n) is 3.78. The van der Waals surface area contributed by atoms with Crippen LogP contribution >= 0.6 is 24.0 Å². The van der Waals surface area contributed by atoms with E-state index in [1.54, 1.807) is 6.20 Å². The molecule has 1 aromatic heterocycles. The summed E-state index contributed by atoms with van der Waals surface area (Å²) in [4.78, 5) is 8.54. The molecule has 9 heteroatoms. The molecule has 0 spiro atoms. The molecule has 0 aliphatic carbocycles. The van der Waals surface area contributed by atoms with Gasteiger partial charge in [0.15, 0.2) is 5.96 Å². The first-order valence-electron chi connectivity index (χ1n) is 8.12. The van der Waals surface area contributed by atoms with E-state index < -0.39 is 6.36 Å². The highest BCUT2D eigenvalue weighted by Crippen LogP contribution is 2.22. The molecule has 5 nitrogen and oxygen atoms in total. The van der Waals surface area contributed by atoms with Gasteiger partial charge in [0, 0.05) is 11.6 Å². The summed E-state index contributed by atoms with van der Waals surface area (Å²) >= 11 is 0. The molecule has 0 saturated heterocycles. The Labute approximate surface area is 176 Å². The van der Waals surface area contributed by atoms with Crippen molar-refractivity contribution in [2.75, 3.05) is 0 Å². The molecule has 28 heavy (non-hydrogen) atoms. The van der Waals surface area contributed by atoms with E-state index in [2.05, 4.69) is 20.0 Å². The minimum atomic E-state index is -4.70. The normalized spacial score (nSPS) is 11.8. The van der Waals surface area contributed by atoms with Gasteiger partial charge in [-0.25, -0.2) is 4.99 Å². The number of hydrogen-bond acceptors (Lipinski definition) is 3. The molecule has 0 atom stereocenters. The zero-order valence-corrected chi connectivity index (χ0v) is 16.9. The lowest BCUT2D eigenvalue weighted by Crippen LogP contribution is -2.31. The highest BCUT2D eigenvalue weighted by molar-refractivity contribution is 14.0. The summed E-state index contributed by atoms with van der Waals surface area (Å²) < 4.78 is 40.3. The monoisotopic (exact) mass is 502 g/mol. The van der Waals surface area contributed by atoms with Crippen LogP contribution in [0.1, 0.15) is 11.3 Å². The third-order valence-corrected chi connectivity index (χ3v) is 3.78. The Kier molecular flexibility index (Phi) is 7.44. The molecule has 0 aliphatic heterocycles. The van der Waals surface area contributed by atoms with Gasteiger partial charge in [-0.15, -0.1) is 37.1 Å². The van der Waals surface area contributed by atoms with Crippen LogP contribution in [-0.4, -0.2) is 17.3 Å². The minimum Gasteiger partial charge on any atom is -0.406 e. The SMILES string of the molecule is I.NC(=NCc1ccc(OC(F)(F)F)cc1)NCc1nccc2ccccc12. The number of nitrogens with one attached hydrogen (secondary N) is 1. The molecule has 1 heterocycles. The Balaban J connectivity index is 0.00000280. The zero-order chi connectivity index (χ0) is 19.3. The highest BCUT2D eigenvalue weighted by Gasteiger charge is 2.30. The molecule has 148 valence electrons. The second-order valence-corrected chi connectivity index (χ2v) is 5.73. The van der Waals surface area contributed by atoms with Crippen LogP contribution in [0.15, 0.2) is 65.8 Å². The molecule has 0 unspecified atom stereocenters. The van der Waals surface area contributed by atoms with E-state index >= 15 is 0 Å². The van der Waals surface area contributed by atoms with Gasteiger partial charge in [-0.05, 0) is 29.1 Å². The first kappa shape index (κ1) is 21.7. The maximum atomic E-state index is 12.1. The van der Waals surface area contributed by atoms with E-state index in [0.29, 0.717) is 12.1 Å². The number of fused-ring (bicyclic) bond motifs is 1. The summed E-state index contributed by atoms with van der Waals surface area (Å²) in [7, 11) is 0. The maximum Gasteiger partial charge on any atom is 0.573 e. The number of aromatic nitrogens is 1. The van der Waals surface area contributed by atoms with Gasteiger partial charge in [0.05, 0.1) is 18.8 Å². The summed E-state index contributed by atoms with van der Waals surface area (Å²) in [6.07, 6.45) is -2.97. The highest BCUT2D eigenvalue weighted by atomic mass is 127. The van der Waals surface area contributed by atoms with Crippen molar-refractivity contribution in [1.82, 2.24) is 10.3 Å². The second kappa shape index (κ2) is 9.58. The Bertz CT molecular complexity index is 941. The summed E-state index contributed by atoms with van der Waals surface area (Å²) in [6.45, 7) is 0.642. The number of guanidine groups is 1. The summed E-state index contributed by atoms with van der Waals surface area (Å²) in [5.74, 6) is -0.0521. The maximum absolute atomic E-state index is 12.1. The quantitative estimate of drug-likeness (QED) is 0.309. The number of aliphatic imine (C=N–C) groups is 1. The predicted molar refractivity (Wildman–Crippen MR) is 112 cm³/mol. The Morgan fingerprint density at radius 3 is 2.50 bits per heavy atom. The molecule has 0 fully saturated rings. The fourth-order valence-corrected chi connectivity index (χ4v) is 2.53. The first-order chi connectivity index (χ1) is 12.9.